The van der Waals surface area contributed by atoms with E-state index in [2.05, 4.69) is 12.1 Å². The van der Waals surface area contributed by atoms with Gasteiger partial charge < -0.3 is 0 Å². The number of hydrogen-bond donors (Lipinski definition) is 0. The van der Waals surface area contributed by atoms with E-state index < -0.39 is 195 Å². The van der Waals surface area contributed by atoms with Crippen LogP contribution in [-0.4, -0.2) is 11.9 Å². The van der Waals surface area contributed by atoms with Crippen molar-refractivity contribution in [1.82, 2.24) is 0 Å². The number of aromatic nitrogens is 1. The molecule has 27 heteroatoms. The van der Waals surface area contributed by atoms with Gasteiger partial charge >= 0.3 is 49.4 Å². The molecule has 0 saturated heterocycles. The van der Waals surface area contributed by atoms with E-state index in [0.717, 1.165) is 11.1 Å². The Hall–Kier alpha value is -7.48. The van der Waals surface area contributed by atoms with E-state index in [-0.39, 0.29) is 5.78 Å². The highest BCUT2D eigenvalue weighted by atomic mass is 19.4. The maximum Gasteiger partial charge on any atom is 0.416 e. The molecule has 0 unspecified atom stereocenters. The lowest BCUT2D eigenvalue weighted by Gasteiger charge is -2.46. The lowest BCUT2D eigenvalue weighted by molar-refractivity contribution is -0.683. The summed E-state index contributed by atoms with van der Waals surface area (Å²) in [4.78, 5) is 12.1. The molecule has 6 aromatic carbocycles. The Morgan fingerprint density at radius 2 is 0.526 bits per heavy atom. The number of carbonyl (C=O) groups is 1. The fraction of sp³-hybridized carbons (Fsp3) is 0.176. The van der Waals surface area contributed by atoms with E-state index in [9.17, 15) is 110 Å². The molecule has 0 amide bonds. The SMILES string of the molecule is FC(F)(F)c1cc([B-](c2cc(C(F)(F)F)cc(C(F)(F)F)c2)(c2cc(C(F)(F)F)cc(C(F)(F)F)c2)c2cc(C(F)(F)F)cc(C(F)(F)F)c2)cc(C(F)(F)F)c1.O=C(C[n+]1ccc(-c2ccccc2)cc1)c1ccccc1. The molecule has 0 N–H and O–H groups in total. The van der Waals surface area contributed by atoms with Crippen LogP contribution in [0.15, 0.2) is 158 Å². The lowest BCUT2D eigenvalue weighted by Crippen LogP contribution is -2.75. The van der Waals surface area contributed by atoms with Crippen LogP contribution in [0.5, 0.6) is 0 Å². The average molecular weight is 1140 g/mol. The van der Waals surface area contributed by atoms with Crippen molar-refractivity contribution in [3.05, 3.63) is 208 Å². The molecule has 0 bridgehead atoms. The summed E-state index contributed by atoms with van der Waals surface area (Å²) in [5.41, 5.74) is -27.1. The lowest BCUT2D eigenvalue weighted by atomic mass is 9.12. The van der Waals surface area contributed by atoms with E-state index in [0.29, 0.717) is 6.54 Å². The number of rotatable bonds is 8. The van der Waals surface area contributed by atoms with Crippen LogP contribution in [0.1, 0.15) is 54.9 Å². The molecular formula is C51H28BF24NO. The second kappa shape index (κ2) is 21.1. The number of pyridine rings is 1. The third kappa shape index (κ3) is 13.8. The second-order valence-electron chi connectivity index (χ2n) is 17.1. The van der Waals surface area contributed by atoms with Crippen LogP contribution in [0, 0.1) is 0 Å². The van der Waals surface area contributed by atoms with Crippen LogP contribution in [0.3, 0.4) is 0 Å². The number of Topliss-reactive ketones (excluding diaryl/α,β-unsaturated/α-hetero) is 1. The monoisotopic (exact) mass is 1140 g/mol. The topological polar surface area (TPSA) is 20.9 Å². The van der Waals surface area contributed by atoms with Gasteiger partial charge in [0.15, 0.2) is 12.4 Å². The van der Waals surface area contributed by atoms with Gasteiger partial charge in [0.2, 0.25) is 12.3 Å². The zero-order chi connectivity index (χ0) is 58.4. The van der Waals surface area contributed by atoms with Gasteiger partial charge in [-0.2, -0.15) is 132 Å². The minimum absolute atomic E-state index is 0.119. The summed E-state index contributed by atoms with van der Waals surface area (Å²) in [6.45, 7) is 0.360. The van der Waals surface area contributed by atoms with Crippen LogP contribution >= 0.6 is 0 Å². The molecule has 1 heterocycles. The summed E-state index contributed by atoms with van der Waals surface area (Å²) >= 11 is 0. The predicted octanol–water partition coefficient (Wildman–Crippen LogP) is 14.7. The van der Waals surface area contributed by atoms with Gasteiger partial charge in [0.05, 0.1) is 44.5 Å². The molecule has 1 aromatic heterocycles. The first-order valence-electron chi connectivity index (χ1n) is 21.6. The summed E-state index contributed by atoms with van der Waals surface area (Å²) < 4.78 is 343. The average Bonchev–Trinajstić information content (AvgIpc) is 3.36. The molecule has 0 fully saturated rings. The van der Waals surface area contributed by atoms with Gasteiger partial charge in [0, 0.05) is 17.7 Å². The summed E-state index contributed by atoms with van der Waals surface area (Å²) in [5.74, 6) is 0.119. The molecule has 0 aliphatic carbocycles. The fourth-order valence-electron chi connectivity index (χ4n) is 8.34. The molecule has 0 saturated carbocycles. The van der Waals surface area contributed by atoms with E-state index in [1.54, 1.807) is 0 Å². The molecule has 0 aliphatic heterocycles. The smallest absolute Gasteiger partial charge is 0.287 e. The zero-order valence-electron chi connectivity index (χ0n) is 38.2. The standard InChI is InChI=1S/C32H12BF24.C19H16NO/c34-25(35,36)13-1-14(26(37,38)39)6-21(5-13)33(22-7-15(27(40,41)42)2-16(8-22)28(43,44)45,23-9-17(29(46,47)48)3-18(10-23)30(49,50)51)24-11-19(31(52,53)54)4-20(12-24)32(55,56)57;21-19(18-9-5-2-6-10-18)15-20-13-11-17(12-14-20)16-7-3-1-4-8-16/h1-12H;1-14H,15H2/q-1;+1. The Morgan fingerprint density at radius 3 is 0.756 bits per heavy atom. The number of hydrogen-bond acceptors (Lipinski definition) is 1. The highest BCUT2D eigenvalue weighted by Crippen LogP contribution is 2.41. The Labute approximate surface area is 423 Å². The van der Waals surface area contributed by atoms with Crippen molar-refractivity contribution < 1.29 is 115 Å². The Morgan fingerprint density at radius 1 is 0.308 bits per heavy atom. The maximum absolute atomic E-state index is 14.2. The van der Waals surface area contributed by atoms with E-state index >= 15 is 0 Å². The number of benzene rings is 6. The molecule has 414 valence electrons. The van der Waals surface area contributed by atoms with Crippen molar-refractivity contribution in [2.45, 2.75) is 56.0 Å². The quantitative estimate of drug-likeness (QED) is 0.0643. The molecule has 7 rings (SSSR count). The molecule has 2 nitrogen and oxygen atoms in total. The highest BCUT2D eigenvalue weighted by molar-refractivity contribution is 7.20. The Balaban J connectivity index is 0.000000387. The molecule has 7 aromatic rings. The van der Waals surface area contributed by atoms with Crippen molar-refractivity contribution in [3.63, 3.8) is 0 Å². The molecule has 0 radical (unpaired) electrons. The normalized spacial score (nSPS) is 13.2. The first-order valence-corrected chi connectivity index (χ1v) is 21.6. The molecule has 0 aliphatic rings. The van der Waals surface area contributed by atoms with Gasteiger partial charge in [0.1, 0.15) is 6.15 Å². The molecule has 0 spiro atoms. The fourth-order valence-corrected chi connectivity index (χ4v) is 8.34. The first kappa shape index (κ1) is 59.8. The minimum Gasteiger partial charge on any atom is -0.287 e. The summed E-state index contributed by atoms with van der Waals surface area (Å²) in [6, 6.07) is 14.9. The molecule has 0 atom stereocenters. The highest BCUT2D eigenvalue weighted by Gasteiger charge is 2.47. The predicted molar refractivity (Wildman–Crippen MR) is 233 cm³/mol. The van der Waals surface area contributed by atoms with Crippen molar-refractivity contribution in [3.8, 4) is 11.1 Å². The van der Waals surface area contributed by atoms with Crippen molar-refractivity contribution in [1.29, 1.82) is 0 Å². The van der Waals surface area contributed by atoms with E-state index in [1.807, 2.05) is 77.6 Å². The second-order valence-corrected chi connectivity index (χ2v) is 17.1. The number of alkyl halides is 24. The van der Waals surface area contributed by atoms with Crippen LogP contribution in [-0.2, 0) is 56.0 Å². The van der Waals surface area contributed by atoms with Crippen LogP contribution < -0.4 is 26.4 Å². The third-order valence-electron chi connectivity index (χ3n) is 11.9. The maximum atomic E-state index is 14.2. The summed E-state index contributed by atoms with van der Waals surface area (Å²) in [6.07, 6.45) is -50.9. The van der Waals surface area contributed by atoms with Crippen LogP contribution in [0.25, 0.3) is 11.1 Å². The van der Waals surface area contributed by atoms with Gasteiger partial charge in [0.25, 0.3) is 0 Å². The van der Waals surface area contributed by atoms with Gasteiger partial charge in [-0.3, -0.25) is 4.79 Å². The van der Waals surface area contributed by atoms with Crippen LogP contribution in [0.4, 0.5) is 105 Å². The van der Waals surface area contributed by atoms with Gasteiger partial charge in [-0.1, -0.05) is 109 Å². The van der Waals surface area contributed by atoms with Crippen molar-refractivity contribution in [2.75, 3.05) is 0 Å². The third-order valence-corrected chi connectivity index (χ3v) is 11.9. The van der Waals surface area contributed by atoms with Crippen LogP contribution in [0.2, 0.25) is 0 Å². The molecule has 78 heavy (non-hydrogen) atoms. The number of ketones is 1. The summed E-state index contributed by atoms with van der Waals surface area (Å²) in [5, 5.41) is 0. The van der Waals surface area contributed by atoms with Crippen molar-refractivity contribution >= 4 is 33.8 Å². The molecular weight excluding hydrogens is 1110 g/mol. The van der Waals surface area contributed by atoms with Gasteiger partial charge in [-0.05, 0) is 35.4 Å². The minimum atomic E-state index is -6.13. The van der Waals surface area contributed by atoms with Crippen molar-refractivity contribution in [2.24, 2.45) is 0 Å². The largest absolute Gasteiger partial charge is 0.416 e. The first-order chi connectivity index (χ1) is 35.6. The van der Waals surface area contributed by atoms with E-state index in [1.165, 1.54) is 5.56 Å². The van der Waals surface area contributed by atoms with Gasteiger partial charge in [-0.15, -0.1) is 0 Å². The van der Waals surface area contributed by atoms with E-state index in [4.69, 9.17) is 0 Å². The number of nitrogens with zero attached hydrogens (tertiary/aromatic N) is 1. The number of halogens is 24. The Bertz CT molecular complexity index is 2820. The summed E-state index contributed by atoms with van der Waals surface area (Å²) in [7, 11) is 0. The van der Waals surface area contributed by atoms with Gasteiger partial charge in [-0.25, -0.2) is 0 Å². The zero-order valence-corrected chi connectivity index (χ0v) is 38.2. The number of carbonyl (C=O) groups excluding carboxylic acids is 1. The Kier molecular flexibility index (Phi) is 16.1.